The number of aliphatic hydroxyl groups is 1. The molecule has 0 bridgehead atoms. The minimum atomic E-state index is -5.04. The van der Waals surface area contributed by atoms with Gasteiger partial charge in [0.2, 0.25) is 29.6 Å². The summed E-state index contributed by atoms with van der Waals surface area (Å²) in [5.74, 6) is -4.53. The molecule has 78 heavy (non-hydrogen) atoms. The molecule has 8 rings (SSSR count). The summed E-state index contributed by atoms with van der Waals surface area (Å²) >= 11 is 1.54. The molecule has 3 fully saturated rings. The van der Waals surface area contributed by atoms with Crippen LogP contribution in [0.1, 0.15) is 81.1 Å². The van der Waals surface area contributed by atoms with Crippen molar-refractivity contribution in [2.45, 2.75) is 104 Å². The topological polar surface area (TPSA) is 197 Å². The number of aliphatic hydroxyl groups excluding tert-OH is 1. The maximum atomic E-state index is 16.2. The smallest absolute Gasteiger partial charge is 0.391 e. The summed E-state index contributed by atoms with van der Waals surface area (Å²) in [6.07, 6.45) is -3.55. The van der Waals surface area contributed by atoms with Crippen molar-refractivity contribution < 1.29 is 51.0 Å². The minimum Gasteiger partial charge on any atom is -0.391 e. The first-order valence-corrected chi connectivity index (χ1v) is 26.6. The number of rotatable bonds is 14. The molecule has 416 valence electrons. The number of carbonyl (C=O) groups excluding carboxylic acids is 5. The molecule has 5 amide bonds. The van der Waals surface area contributed by atoms with Crippen LogP contribution in [-0.2, 0) is 31.9 Å². The summed E-state index contributed by atoms with van der Waals surface area (Å²) in [6, 6.07) is 10.0. The Kier molecular flexibility index (Phi) is 17.2. The first kappa shape index (κ1) is 57.1. The maximum absolute atomic E-state index is 16.2. The van der Waals surface area contributed by atoms with Gasteiger partial charge in [0.1, 0.15) is 23.7 Å². The lowest BCUT2D eigenvalue weighted by atomic mass is 9.85. The number of alkyl halides is 3. The van der Waals surface area contributed by atoms with Gasteiger partial charge < -0.3 is 40.7 Å². The zero-order chi connectivity index (χ0) is 56.4. The van der Waals surface area contributed by atoms with Crippen LogP contribution in [0.4, 0.5) is 39.3 Å². The Morgan fingerprint density at radius 3 is 2.12 bits per heavy atom. The van der Waals surface area contributed by atoms with Crippen LogP contribution >= 0.6 is 11.3 Å². The molecule has 0 aliphatic carbocycles. The fourth-order valence-electron chi connectivity index (χ4n) is 10.1. The number of piperazine rings is 2. The molecule has 0 radical (unpaired) electrons. The Bertz CT molecular complexity index is 3010. The van der Waals surface area contributed by atoms with E-state index in [2.05, 4.69) is 35.8 Å². The van der Waals surface area contributed by atoms with Crippen molar-refractivity contribution in [3.05, 3.63) is 107 Å². The molecule has 3 aromatic carbocycles. The van der Waals surface area contributed by atoms with Gasteiger partial charge in [0.15, 0.2) is 0 Å². The van der Waals surface area contributed by atoms with E-state index >= 15 is 4.39 Å². The van der Waals surface area contributed by atoms with Crippen LogP contribution in [0.15, 0.2) is 72.5 Å². The van der Waals surface area contributed by atoms with Crippen LogP contribution in [0.2, 0.25) is 0 Å². The van der Waals surface area contributed by atoms with Gasteiger partial charge in [0.05, 0.1) is 44.7 Å². The Morgan fingerprint density at radius 1 is 0.833 bits per heavy atom. The molecule has 23 heteroatoms. The summed E-state index contributed by atoms with van der Waals surface area (Å²) in [5.41, 5.74) is 1.94. The van der Waals surface area contributed by atoms with Crippen molar-refractivity contribution in [2.75, 3.05) is 68.0 Å². The van der Waals surface area contributed by atoms with Crippen molar-refractivity contribution in [1.29, 1.82) is 0 Å². The molecule has 0 spiro atoms. The van der Waals surface area contributed by atoms with Gasteiger partial charge in [0, 0.05) is 107 Å². The lowest BCUT2D eigenvalue weighted by Crippen LogP contribution is -2.57. The maximum Gasteiger partial charge on any atom is 0.417 e. The summed E-state index contributed by atoms with van der Waals surface area (Å²) in [4.78, 5) is 91.2. The molecular formula is C55H64F5N11O6S. The van der Waals surface area contributed by atoms with E-state index in [1.807, 2.05) is 61.9 Å². The van der Waals surface area contributed by atoms with E-state index in [-0.39, 0.29) is 97.9 Å². The second kappa shape index (κ2) is 23.5. The SMILES string of the molecule is Cc1ncsc1-c1ccc(CNC(=O)[C@@H]2C[C@@H](O)CN2C(=O)C(NC(=O)CCC(=O)N2CCN(c3ncc(-c4cc(NC(=O)c5ccc(F)cc5C(F)(F)F)c(N5C[C@@H](C)N(C)[C@@H](C)C5)cc4F)cn3)CC2)C(C)(C)C)cc1. The molecule has 17 nitrogen and oxygen atoms in total. The minimum absolute atomic E-state index is 0.00333. The third kappa shape index (κ3) is 13.1. The number of hydrogen-bond acceptors (Lipinski definition) is 13. The number of benzene rings is 3. The summed E-state index contributed by atoms with van der Waals surface area (Å²) in [7, 11) is 1.95. The van der Waals surface area contributed by atoms with Crippen LogP contribution in [-0.4, -0.2) is 147 Å². The van der Waals surface area contributed by atoms with E-state index in [0.29, 0.717) is 26.2 Å². The zero-order valence-corrected chi connectivity index (χ0v) is 45.3. The summed E-state index contributed by atoms with van der Waals surface area (Å²) in [5, 5.41) is 18.9. The van der Waals surface area contributed by atoms with Gasteiger partial charge in [-0.15, -0.1) is 11.3 Å². The number of carbonyl (C=O) groups is 5. The average Bonchev–Trinajstić information content (AvgIpc) is 4.04. The van der Waals surface area contributed by atoms with Crippen LogP contribution in [0.5, 0.6) is 0 Å². The monoisotopic (exact) mass is 1100 g/mol. The van der Waals surface area contributed by atoms with Crippen molar-refractivity contribution in [3.63, 3.8) is 0 Å². The van der Waals surface area contributed by atoms with Crippen molar-refractivity contribution in [1.82, 2.24) is 40.3 Å². The predicted octanol–water partition coefficient (Wildman–Crippen LogP) is 6.89. The molecule has 3 saturated heterocycles. The van der Waals surface area contributed by atoms with E-state index < -0.39 is 76.2 Å². The van der Waals surface area contributed by atoms with Gasteiger partial charge in [0.25, 0.3) is 5.91 Å². The molecule has 5 aromatic rings. The number of halogens is 5. The fourth-order valence-corrected chi connectivity index (χ4v) is 10.9. The van der Waals surface area contributed by atoms with Crippen LogP contribution < -0.4 is 25.8 Å². The first-order valence-electron chi connectivity index (χ1n) is 25.7. The Labute approximate surface area is 453 Å². The fraction of sp³-hybridized carbons (Fsp3) is 0.455. The van der Waals surface area contributed by atoms with Gasteiger partial charge >= 0.3 is 6.18 Å². The number of aryl methyl sites for hydroxylation is 1. The normalized spacial score (nSPS) is 19.7. The highest BCUT2D eigenvalue weighted by molar-refractivity contribution is 7.13. The highest BCUT2D eigenvalue weighted by atomic mass is 32.1. The Morgan fingerprint density at radius 2 is 1.50 bits per heavy atom. The van der Waals surface area contributed by atoms with Crippen LogP contribution in [0.25, 0.3) is 21.6 Å². The number of nitrogens with zero attached hydrogens (tertiary/aromatic N) is 8. The number of hydrogen-bond donors (Lipinski definition) is 4. The van der Waals surface area contributed by atoms with Crippen molar-refractivity contribution in [2.24, 2.45) is 5.41 Å². The highest BCUT2D eigenvalue weighted by Crippen LogP contribution is 2.38. The second-order valence-corrected chi connectivity index (χ2v) is 22.2. The zero-order valence-electron chi connectivity index (χ0n) is 44.5. The lowest BCUT2D eigenvalue weighted by molar-refractivity contribution is -0.144. The van der Waals surface area contributed by atoms with Crippen molar-refractivity contribution in [3.8, 4) is 21.6 Å². The van der Waals surface area contributed by atoms with Gasteiger partial charge in [-0.3, -0.25) is 28.9 Å². The molecule has 5 heterocycles. The number of anilines is 3. The molecule has 1 unspecified atom stereocenters. The third-order valence-electron chi connectivity index (χ3n) is 14.7. The number of amides is 5. The second-order valence-electron chi connectivity index (χ2n) is 21.3. The van der Waals surface area contributed by atoms with Crippen LogP contribution in [0.3, 0.4) is 0 Å². The standard InChI is InChI=1S/C55H64F5N11O6S/c1-31-27-70(28-32(2)67(31)7)44-23-42(57)40(22-43(44)65-50(75)39-13-12-37(56)20-41(39)55(58,59)60)36-25-62-53(63-26-36)69-18-16-68(17-19-69)47(74)15-14-46(73)66-49(54(4,5)6)52(77)71-29-38(72)21-45(71)51(76)61-24-34-8-10-35(11-9-34)48-33(3)64-30-78-48/h8-13,20,22-23,25-26,30-32,38,45,49,72H,14-19,21,24,27-29H2,1-7H3,(H,61,76)(H,65,75)(H,66,73)/t31-,32+,38-,45+,49?/m1/s1. The van der Waals surface area contributed by atoms with Gasteiger partial charge in [-0.25, -0.2) is 23.7 Å². The highest BCUT2D eigenvalue weighted by Gasteiger charge is 2.45. The van der Waals surface area contributed by atoms with Gasteiger partial charge in [-0.2, -0.15) is 13.2 Å². The third-order valence-corrected chi connectivity index (χ3v) is 15.7. The molecule has 5 atom stereocenters. The Hall–Kier alpha value is -7.11. The number of nitrogens with one attached hydrogen (secondary N) is 3. The molecule has 0 saturated carbocycles. The van der Waals surface area contributed by atoms with Crippen molar-refractivity contribution >= 4 is 58.2 Å². The summed E-state index contributed by atoms with van der Waals surface area (Å²) < 4.78 is 72.2. The number of likely N-dealkylation sites (tertiary alicyclic amines) is 1. The van der Waals surface area contributed by atoms with E-state index in [1.54, 1.807) is 42.5 Å². The predicted molar refractivity (Wildman–Crippen MR) is 285 cm³/mol. The Balaban J connectivity index is 0.863. The van der Waals surface area contributed by atoms with E-state index in [1.165, 1.54) is 29.4 Å². The first-order chi connectivity index (χ1) is 36.9. The van der Waals surface area contributed by atoms with E-state index in [9.17, 15) is 46.6 Å². The van der Waals surface area contributed by atoms with Gasteiger partial charge in [-0.05, 0) is 74.7 Å². The quantitative estimate of drug-likeness (QED) is 0.0843. The number of likely N-dealkylation sites (N-methyl/N-ethyl adjacent to an activating group) is 1. The lowest BCUT2D eigenvalue weighted by Gasteiger charge is -2.44. The van der Waals surface area contributed by atoms with E-state index in [4.69, 9.17) is 0 Å². The number of β-amino-alcohol motifs (C(OH)–C–C–N with tert-alkyl or cyclic N) is 1. The summed E-state index contributed by atoms with van der Waals surface area (Å²) in [6.45, 7) is 13.3. The van der Waals surface area contributed by atoms with E-state index in [0.717, 1.165) is 33.8 Å². The van der Waals surface area contributed by atoms with Gasteiger partial charge in [-0.1, -0.05) is 45.0 Å². The van der Waals surface area contributed by atoms with Crippen LogP contribution in [0, 0.1) is 24.0 Å². The molecule has 3 aliphatic rings. The number of aromatic nitrogens is 3. The molecular weight excluding hydrogens is 1040 g/mol. The molecule has 3 aliphatic heterocycles. The largest absolute Gasteiger partial charge is 0.417 e. The number of thiazole rings is 1. The molecule has 2 aromatic heterocycles. The average molecular weight is 1100 g/mol. The molecule has 4 N–H and O–H groups in total.